The molecule has 0 spiro atoms. The minimum atomic E-state index is -0.372. The van der Waals surface area contributed by atoms with Crippen LogP contribution in [-0.4, -0.2) is 38.3 Å². The third-order valence-electron chi connectivity index (χ3n) is 6.57. The predicted molar refractivity (Wildman–Crippen MR) is 131 cm³/mol. The van der Waals surface area contributed by atoms with Crippen LogP contribution in [0.5, 0.6) is 5.75 Å². The molecule has 0 saturated heterocycles. The van der Waals surface area contributed by atoms with Crippen molar-refractivity contribution >= 4 is 0 Å². The number of rotatable bonds is 14. The van der Waals surface area contributed by atoms with Crippen molar-refractivity contribution in [2.75, 3.05) is 33.9 Å². The molecule has 2 aromatic rings. The number of ether oxygens (including phenoxy) is 2. The van der Waals surface area contributed by atoms with E-state index in [2.05, 4.69) is 78.2 Å². The topological polar surface area (TPSA) is 18.5 Å². The smallest absolute Gasteiger partial charge is 0.229 e. The summed E-state index contributed by atoms with van der Waals surface area (Å²) < 4.78 is 13.7. The van der Waals surface area contributed by atoms with Gasteiger partial charge >= 0.3 is 0 Å². The molecule has 0 radical (unpaired) electrons. The van der Waals surface area contributed by atoms with Crippen molar-refractivity contribution in [3.05, 3.63) is 65.7 Å². The maximum atomic E-state index is 6.81. The Hall–Kier alpha value is -1.55. The molecule has 0 bridgehead atoms. The highest BCUT2D eigenvalue weighted by Crippen LogP contribution is 2.39. The van der Waals surface area contributed by atoms with Crippen LogP contribution in [0, 0.1) is 12.8 Å². The first kappa shape index (κ1) is 28.5. The number of para-hydroxylation sites is 1. The average Bonchev–Trinajstić information content (AvgIpc) is 2.76. The van der Waals surface area contributed by atoms with Crippen LogP contribution < -0.4 is 17.1 Å². The van der Waals surface area contributed by atoms with Crippen molar-refractivity contribution in [1.82, 2.24) is 0 Å². The minimum absolute atomic E-state index is 0. The van der Waals surface area contributed by atoms with Gasteiger partial charge < -0.3 is 21.9 Å². The van der Waals surface area contributed by atoms with Crippen LogP contribution >= 0.6 is 0 Å². The molecule has 0 amide bonds. The van der Waals surface area contributed by atoms with Crippen LogP contribution in [0.3, 0.4) is 0 Å². The second-order valence-electron chi connectivity index (χ2n) is 9.61. The summed E-state index contributed by atoms with van der Waals surface area (Å²) >= 11 is 0. The van der Waals surface area contributed by atoms with Gasteiger partial charge in [-0.25, -0.2) is 0 Å². The highest BCUT2D eigenvalue weighted by molar-refractivity contribution is 5.31. The number of aryl methyl sites for hydroxylation is 1. The van der Waals surface area contributed by atoms with Crippen molar-refractivity contribution in [3.8, 4) is 5.75 Å². The molecule has 180 valence electrons. The molecule has 0 saturated carbocycles. The second kappa shape index (κ2) is 13.9. The zero-order chi connectivity index (χ0) is 22.7. The maximum absolute atomic E-state index is 6.81. The molecule has 2 aromatic carbocycles. The van der Waals surface area contributed by atoms with E-state index in [1.54, 1.807) is 0 Å². The molecule has 1 atom stereocenters. The fourth-order valence-electron chi connectivity index (χ4n) is 4.26. The van der Waals surface area contributed by atoms with Crippen molar-refractivity contribution in [2.45, 2.75) is 65.5 Å². The van der Waals surface area contributed by atoms with Crippen LogP contribution in [0.1, 0.15) is 64.0 Å². The number of nitrogens with zero attached hydrogens (tertiary/aromatic N) is 1. The van der Waals surface area contributed by atoms with Gasteiger partial charge in [-0.1, -0.05) is 81.6 Å². The van der Waals surface area contributed by atoms with Gasteiger partial charge in [0.25, 0.3) is 0 Å². The third kappa shape index (κ3) is 7.79. The molecule has 0 aliphatic carbocycles. The molecular formula is C28H44ClNO2. The molecule has 4 heteroatoms. The molecule has 32 heavy (non-hydrogen) atoms. The van der Waals surface area contributed by atoms with Crippen LogP contribution in [0.2, 0.25) is 0 Å². The van der Waals surface area contributed by atoms with Crippen molar-refractivity contribution < 1.29 is 26.4 Å². The summed E-state index contributed by atoms with van der Waals surface area (Å²) in [4.78, 5) is 0. The van der Waals surface area contributed by atoms with Crippen molar-refractivity contribution in [1.29, 1.82) is 0 Å². The molecule has 2 rings (SSSR count). The van der Waals surface area contributed by atoms with E-state index in [1.807, 2.05) is 18.2 Å². The average molecular weight is 462 g/mol. The van der Waals surface area contributed by atoms with Crippen LogP contribution in [0.4, 0.5) is 0 Å². The van der Waals surface area contributed by atoms with Gasteiger partial charge in [0.05, 0.1) is 27.2 Å². The molecule has 0 aliphatic heterocycles. The van der Waals surface area contributed by atoms with Crippen molar-refractivity contribution in [3.63, 3.8) is 0 Å². The summed E-state index contributed by atoms with van der Waals surface area (Å²) in [5.41, 5.74) is 2.05. The van der Waals surface area contributed by atoms with Gasteiger partial charge in [0.15, 0.2) is 0 Å². The fourth-order valence-corrected chi connectivity index (χ4v) is 4.26. The molecule has 0 heterocycles. The number of halogens is 1. The Labute approximate surface area is 203 Å². The molecule has 3 nitrogen and oxygen atoms in total. The number of unbranched alkanes of at least 4 members (excludes halogenated alkanes) is 2. The van der Waals surface area contributed by atoms with Crippen LogP contribution in [-0.2, 0) is 10.5 Å². The number of benzene rings is 2. The lowest BCUT2D eigenvalue weighted by Gasteiger charge is -2.48. The third-order valence-corrected chi connectivity index (χ3v) is 6.57. The van der Waals surface area contributed by atoms with Crippen LogP contribution in [0.25, 0.3) is 0 Å². The Bertz CT molecular complexity index is 763. The van der Waals surface area contributed by atoms with E-state index < -0.39 is 0 Å². The van der Waals surface area contributed by atoms with E-state index in [0.717, 1.165) is 34.7 Å². The summed E-state index contributed by atoms with van der Waals surface area (Å²) in [7, 11) is 4.59. The first-order valence-corrected chi connectivity index (χ1v) is 12.0. The highest BCUT2D eigenvalue weighted by atomic mass is 35.5. The van der Waals surface area contributed by atoms with Crippen LogP contribution in [0.15, 0.2) is 54.6 Å². The van der Waals surface area contributed by atoms with Gasteiger partial charge in [0, 0.05) is 12.0 Å². The second-order valence-corrected chi connectivity index (χ2v) is 9.61. The Morgan fingerprint density at radius 3 is 2.16 bits per heavy atom. The van der Waals surface area contributed by atoms with Gasteiger partial charge in [0.1, 0.15) is 12.4 Å². The van der Waals surface area contributed by atoms with E-state index in [4.69, 9.17) is 9.47 Å². The molecule has 0 N–H and O–H groups in total. The van der Waals surface area contributed by atoms with E-state index in [-0.39, 0.29) is 18.1 Å². The zero-order valence-corrected chi connectivity index (χ0v) is 21.8. The van der Waals surface area contributed by atoms with Gasteiger partial charge in [-0.15, -0.1) is 0 Å². The lowest BCUT2D eigenvalue weighted by atomic mass is 9.91. The summed E-state index contributed by atoms with van der Waals surface area (Å²) in [5.74, 6) is 1.71. The maximum Gasteiger partial charge on any atom is 0.229 e. The van der Waals surface area contributed by atoms with Gasteiger partial charge in [-0.05, 0) is 37.8 Å². The molecule has 0 fully saturated rings. The standard InChI is InChI=1S/C28H44NO2.ClH/c1-7-29(5,6)28(26-18-11-8-12-19-26,21-15-9-10-16-24(2)3)31-23-22-30-27-20-14-13-17-25(27)4;/h8,11-14,17-20,24H,7,9-10,15-16,21-23H2,1-6H3;1H/q+1;/p-1. The Morgan fingerprint density at radius 2 is 1.53 bits per heavy atom. The first-order chi connectivity index (χ1) is 14.8. The molecule has 0 aliphatic rings. The minimum Gasteiger partial charge on any atom is -1.00 e. The summed E-state index contributed by atoms with van der Waals surface area (Å²) in [6.07, 6.45) is 6.02. The van der Waals surface area contributed by atoms with Crippen molar-refractivity contribution in [2.24, 2.45) is 5.92 Å². The fraction of sp³-hybridized carbons (Fsp3) is 0.571. The lowest BCUT2D eigenvalue weighted by molar-refractivity contribution is -0.976. The van der Waals surface area contributed by atoms with E-state index in [1.165, 1.54) is 31.2 Å². The van der Waals surface area contributed by atoms with E-state index >= 15 is 0 Å². The first-order valence-electron chi connectivity index (χ1n) is 12.0. The van der Waals surface area contributed by atoms with E-state index in [0.29, 0.717) is 13.2 Å². The largest absolute Gasteiger partial charge is 1.00 e. The van der Waals surface area contributed by atoms with E-state index in [9.17, 15) is 0 Å². The number of quaternary nitrogens is 1. The molecule has 1 unspecified atom stereocenters. The van der Waals surface area contributed by atoms with Gasteiger partial charge in [-0.2, -0.15) is 0 Å². The zero-order valence-electron chi connectivity index (χ0n) is 21.1. The molecule has 0 aromatic heterocycles. The SMILES string of the molecule is CC[N+](C)(C)C(CCCCCC(C)C)(OCCOc1ccccc1C)c1ccccc1.[Cl-]. The summed E-state index contributed by atoms with van der Waals surface area (Å²) in [6.45, 7) is 11.1. The Morgan fingerprint density at radius 1 is 0.875 bits per heavy atom. The highest BCUT2D eigenvalue weighted by Gasteiger charge is 2.47. The Balaban J connectivity index is 0.00000512. The summed E-state index contributed by atoms with van der Waals surface area (Å²) in [5, 5.41) is 0. The quantitative estimate of drug-likeness (QED) is 0.241. The number of hydrogen-bond donors (Lipinski definition) is 0. The normalized spacial score (nSPS) is 13.5. The van der Waals surface area contributed by atoms with Gasteiger partial charge in [-0.3, -0.25) is 4.48 Å². The monoisotopic (exact) mass is 461 g/mol. The predicted octanol–water partition coefficient (Wildman–Crippen LogP) is 3.95. The molecular weight excluding hydrogens is 418 g/mol. The number of hydrogen-bond acceptors (Lipinski definition) is 2. The van der Waals surface area contributed by atoms with Gasteiger partial charge in [0.2, 0.25) is 5.72 Å². The Kier molecular flexibility index (Phi) is 12.3. The lowest BCUT2D eigenvalue weighted by Crippen LogP contribution is -3.00. The summed E-state index contributed by atoms with van der Waals surface area (Å²) in [6, 6.07) is 19.0.